The van der Waals surface area contributed by atoms with E-state index in [9.17, 15) is 8.42 Å². The summed E-state index contributed by atoms with van der Waals surface area (Å²) in [6.07, 6.45) is 0.588. The topological polar surface area (TPSA) is 89.2 Å². The molecule has 92 valence electrons. The Bertz CT molecular complexity index is 429. The highest BCUT2D eigenvalue weighted by Gasteiger charge is 2.12. The number of thioether (sulfide) groups is 1. The molecule has 0 unspecified atom stereocenters. The van der Waals surface area contributed by atoms with E-state index in [0.29, 0.717) is 17.3 Å². The van der Waals surface area contributed by atoms with Crippen LogP contribution in [0.5, 0.6) is 0 Å². The van der Waals surface area contributed by atoms with Crippen molar-refractivity contribution in [2.45, 2.75) is 10.8 Å². The van der Waals surface area contributed by atoms with Gasteiger partial charge >= 0.3 is 0 Å². The molecule has 0 amide bonds. The molecule has 0 aliphatic rings. The Hall–Kier alpha value is -0.380. The summed E-state index contributed by atoms with van der Waals surface area (Å²) in [5.41, 5.74) is 5.42. The first kappa shape index (κ1) is 13.7. The van der Waals surface area contributed by atoms with E-state index in [0.717, 1.165) is 4.34 Å². The van der Waals surface area contributed by atoms with Crippen molar-refractivity contribution in [3.05, 3.63) is 0 Å². The summed E-state index contributed by atoms with van der Waals surface area (Å²) in [5.74, 6) is 0.850. The monoisotopic (exact) mass is 282 g/mol. The second kappa shape index (κ2) is 5.80. The van der Waals surface area contributed by atoms with E-state index in [1.54, 1.807) is 0 Å². The van der Waals surface area contributed by atoms with Crippen LogP contribution in [0.3, 0.4) is 0 Å². The molecule has 0 radical (unpaired) electrons. The lowest BCUT2D eigenvalue weighted by Gasteiger charge is -2.10. The van der Waals surface area contributed by atoms with Crippen molar-refractivity contribution in [3.8, 4) is 0 Å². The lowest BCUT2D eigenvalue weighted by atomic mass is 10.6. The van der Waals surface area contributed by atoms with Gasteiger partial charge in [0.05, 0.1) is 5.75 Å². The van der Waals surface area contributed by atoms with Gasteiger partial charge in [0, 0.05) is 19.8 Å². The lowest BCUT2D eigenvalue weighted by Crippen LogP contribution is -2.25. The van der Waals surface area contributed by atoms with Crippen molar-refractivity contribution in [1.29, 1.82) is 0 Å². The van der Waals surface area contributed by atoms with Gasteiger partial charge in [-0.15, -0.1) is 10.2 Å². The predicted octanol–water partition coefficient (Wildman–Crippen LogP) is 0.494. The molecule has 2 N–H and O–H groups in total. The molecule has 0 saturated carbocycles. The van der Waals surface area contributed by atoms with Crippen LogP contribution in [-0.4, -0.2) is 48.5 Å². The molecule has 1 heterocycles. The van der Waals surface area contributed by atoms with Gasteiger partial charge < -0.3 is 5.73 Å². The van der Waals surface area contributed by atoms with Crippen molar-refractivity contribution in [1.82, 2.24) is 14.5 Å². The van der Waals surface area contributed by atoms with E-state index in [2.05, 4.69) is 10.2 Å². The quantitative estimate of drug-likeness (QED) is 0.603. The molecule has 16 heavy (non-hydrogen) atoms. The maximum absolute atomic E-state index is 11.4. The number of hydrogen-bond donors (Lipinski definition) is 1. The minimum Gasteiger partial charge on any atom is -0.374 e. The van der Waals surface area contributed by atoms with Crippen LogP contribution in [0.1, 0.15) is 6.42 Å². The van der Waals surface area contributed by atoms with Crippen LogP contribution in [0.25, 0.3) is 0 Å². The highest BCUT2D eigenvalue weighted by molar-refractivity contribution is 8.01. The van der Waals surface area contributed by atoms with Crippen molar-refractivity contribution in [2.75, 3.05) is 31.3 Å². The standard InChI is InChI=1S/C7H14N4O2S3/c1-11(2)16(12,13)5-3-4-14-7-10-9-6(8)15-7/h3-5H2,1-2H3,(H2,8,9). The average molecular weight is 282 g/mol. The molecule has 1 rings (SSSR count). The minimum atomic E-state index is -3.08. The zero-order chi connectivity index (χ0) is 12.2. The first-order valence-corrected chi connectivity index (χ1v) is 7.95. The van der Waals surface area contributed by atoms with Crippen molar-refractivity contribution >= 4 is 38.3 Å². The molecule has 0 spiro atoms. The highest BCUT2D eigenvalue weighted by atomic mass is 32.2. The van der Waals surface area contributed by atoms with E-state index in [1.165, 1.54) is 41.5 Å². The van der Waals surface area contributed by atoms with Gasteiger partial charge in [-0.05, 0) is 6.42 Å². The Balaban J connectivity index is 2.27. The molecule has 9 heteroatoms. The van der Waals surface area contributed by atoms with Gasteiger partial charge in [-0.2, -0.15) is 0 Å². The van der Waals surface area contributed by atoms with Gasteiger partial charge in [-0.25, -0.2) is 12.7 Å². The lowest BCUT2D eigenvalue weighted by molar-refractivity contribution is 0.520. The highest BCUT2D eigenvalue weighted by Crippen LogP contribution is 2.23. The van der Waals surface area contributed by atoms with Crippen LogP contribution in [0.15, 0.2) is 4.34 Å². The zero-order valence-corrected chi connectivity index (χ0v) is 11.5. The molecule has 1 aromatic heterocycles. The van der Waals surface area contributed by atoms with Gasteiger partial charge in [0.25, 0.3) is 0 Å². The molecule has 0 aliphatic heterocycles. The fraction of sp³-hybridized carbons (Fsp3) is 0.714. The van der Waals surface area contributed by atoms with Gasteiger partial charge in [-0.1, -0.05) is 23.1 Å². The van der Waals surface area contributed by atoms with Crippen LogP contribution in [0.4, 0.5) is 5.13 Å². The van der Waals surface area contributed by atoms with E-state index in [1.807, 2.05) is 0 Å². The van der Waals surface area contributed by atoms with Gasteiger partial charge in [0.1, 0.15) is 0 Å². The third-order valence-electron chi connectivity index (χ3n) is 1.75. The van der Waals surface area contributed by atoms with Crippen LogP contribution < -0.4 is 5.73 Å². The molecule has 1 aromatic rings. The summed E-state index contributed by atoms with van der Waals surface area (Å²) >= 11 is 2.79. The van der Waals surface area contributed by atoms with Gasteiger partial charge in [-0.3, -0.25) is 0 Å². The SMILES string of the molecule is CN(C)S(=O)(=O)CCCSc1nnc(N)s1. The molecular weight excluding hydrogens is 268 g/mol. The Morgan fingerprint density at radius 1 is 1.44 bits per heavy atom. The molecule has 0 saturated heterocycles. The summed E-state index contributed by atoms with van der Waals surface area (Å²) in [7, 11) is -0.0135. The Kier molecular flexibility index (Phi) is 4.96. The third kappa shape index (κ3) is 4.24. The van der Waals surface area contributed by atoms with Crippen molar-refractivity contribution < 1.29 is 8.42 Å². The molecule has 0 aromatic carbocycles. The summed E-state index contributed by atoms with van der Waals surface area (Å²) in [5, 5.41) is 7.94. The summed E-state index contributed by atoms with van der Waals surface area (Å²) < 4.78 is 24.8. The number of anilines is 1. The fourth-order valence-electron chi connectivity index (χ4n) is 0.862. The maximum atomic E-state index is 11.4. The number of sulfonamides is 1. The van der Waals surface area contributed by atoms with E-state index < -0.39 is 10.0 Å². The van der Waals surface area contributed by atoms with E-state index in [-0.39, 0.29) is 5.75 Å². The zero-order valence-electron chi connectivity index (χ0n) is 9.08. The molecule has 0 bridgehead atoms. The van der Waals surface area contributed by atoms with Crippen LogP contribution in [-0.2, 0) is 10.0 Å². The van der Waals surface area contributed by atoms with Crippen LogP contribution in [0.2, 0.25) is 0 Å². The average Bonchev–Trinajstić information content (AvgIpc) is 2.59. The molecule has 0 atom stereocenters. The number of nitrogens with two attached hydrogens (primary N) is 1. The molecule has 0 aliphatic carbocycles. The molecule has 0 fully saturated rings. The normalized spacial score (nSPS) is 12.2. The number of aromatic nitrogens is 2. The van der Waals surface area contributed by atoms with E-state index >= 15 is 0 Å². The third-order valence-corrected chi connectivity index (χ3v) is 5.64. The van der Waals surface area contributed by atoms with Crippen molar-refractivity contribution in [2.24, 2.45) is 0 Å². The first-order chi connectivity index (χ1) is 7.42. The Morgan fingerprint density at radius 3 is 2.62 bits per heavy atom. The number of nitrogen functional groups attached to an aromatic ring is 1. The van der Waals surface area contributed by atoms with Gasteiger partial charge in [0.2, 0.25) is 15.2 Å². The number of hydrogen-bond acceptors (Lipinski definition) is 7. The van der Waals surface area contributed by atoms with Gasteiger partial charge in [0.15, 0.2) is 4.34 Å². The summed E-state index contributed by atoms with van der Waals surface area (Å²) in [6, 6.07) is 0. The minimum absolute atomic E-state index is 0.154. The predicted molar refractivity (Wildman–Crippen MR) is 67.1 cm³/mol. The Morgan fingerprint density at radius 2 is 2.12 bits per heavy atom. The maximum Gasteiger partial charge on any atom is 0.213 e. The fourth-order valence-corrected chi connectivity index (χ4v) is 3.57. The molecule has 6 nitrogen and oxygen atoms in total. The number of nitrogens with zero attached hydrogens (tertiary/aromatic N) is 3. The van der Waals surface area contributed by atoms with Crippen LogP contribution >= 0.6 is 23.1 Å². The summed E-state index contributed by atoms with van der Waals surface area (Å²) in [6.45, 7) is 0. The second-order valence-corrected chi connectivity index (χ2v) is 7.86. The van der Waals surface area contributed by atoms with E-state index in [4.69, 9.17) is 5.73 Å². The Labute approximate surface area is 103 Å². The van der Waals surface area contributed by atoms with Crippen molar-refractivity contribution in [3.63, 3.8) is 0 Å². The molecular formula is C7H14N4O2S3. The number of rotatable bonds is 6. The first-order valence-electron chi connectivity index (χ1n) is 4.54. The summed E-state index contributed by atoms with van der Waals surface area (Å²) in [4.78, 5) is 0. The largest absolute Gasteiger partial charge is 0.374 e. The smallest absolute Gasteiger partial charge is 0.213 e. The second-order valence-electron chi connectivity index (χ2n) is 3.21. The van der Waals surface area contributed by atoms with Crippen LogP contribution in [0, 0.1) is 0 Å².